The molecule has 1 spiro atoms. The van der Waals surface area contributed by atoms with Gasteiger partial charge in [-0.15, -0.1) is 0 Å². The molecule has 0 heterocycles. The molecular formula is C62H44N2. The van der Waals surface area contributed by atoms with Crippen molar-refractivity contribution < 1.29 is 0 Å². The predicted octanol–water partition coefficient (Wildman–Crippen LogP) is 16.4. The molecule has 2 heteroatoms. The third kappa shape index (κ3) is 5.02. The number of rotatable bonds is 6. The van der Waals surface area contributed by atoms with Gasteiger partial charge in [-0.3, -0.25) is 0 Å². The Morgan fingerprint density at radius 2 is 0.734 bits per heavy atom. The topological polar surface area (TPSA) is 6.48 Å². The molecule has 10 aromatic carbocycles. The number of nitrogens with zero attached hydrogens (tertiary/aromatic N) is 2. The molecule has 0 aromatic heterocycles. The van der Waals surface area contributed by atoms with Crippen LogP contribution in [-0.2, 0) is 10.8 Å². The van der Waals surface area contributed by atoms with Crippen LogP contribution >= 0.6 is 0 Å². The smallest absolute Gasteiger partial charge is 0.0746 e. The molecule has 3 aliphatic carbocycles. The molecule has 13 rings (SSSR count). The van der Waals surface area contributed by atoms with E-state index < -0.39 is 5.41 Å². The summed E-state index contributed by atoms with van der Waals surface area (Å²) in [6.07, 6.45) is 0. The number of anilines is 6. The molecule has 10 aromatic rings. The van der Waals surface area contributed by atoms with Gasteiger partial charge in [-0.2, -0.15) is 0 Å². The first-order chi connectivity index (χ1) is 31.5. The highest BCUT2D eigenvalue weighted by atomic mass is 15.2. The minimum absolute atomic E-state index is 0.0672. The van der Waals surface area contributed by atoms with E-state index in [2.05, 4.69) is 254 Å². The third-order valence-electron chi connectivity index (χ3n) is 14.4. The molecule has 1 unspecified atom stereocenters. The van der Waals surface area contributed by atoms with E-state index in [1.165, 1.54) is 83.2 Å². The van der Waals surface area contributed by atoms with Crippen LogP contribution in [0.3, 0.4) is 0 Å². The monoisotopic (exact) mass is 816 g/mol. The zero-order chi connectivity index (χ0) is 42.6. The van der Waals surface area contributed by atoms with Crippen molar-refractivity contribution in [3.8, 4) is 33.4 Å². The van der Waals surface area contributed by atoms with Crippen LogP contribution in [-0.4, -0.2) is 0 Å². The largest absolute Gasteiger partial charge is 0.310 e. The number of fused-ring (bicyclic) bond motifs is 15. The Morgan fingerprint density at radius 3 is 1.36 bits per heavy atom. The SMILES string of the molecule is CC1(C)c2ccccc2-c2cc(N(c3ccccc3)c3ccc4c(c3)-c3ccccc3C43c4ccccc4-c4c3c(N(c3ccccc3)c3ccccc3)cc3ccccc43)ccc21. The van der Waals surface area contributed by atoms with Crippen molar-refractivity contribution in [3.63, 3.8) is 0 Å². The fourth-order valence-corrected chi connectivity index (χ4v) is 11.8. The van der Waals surface area contributed by atoms with Gasteiger partial charge < -0.3 is 9.80 Å². The summed E-state index contributed by atoms with van der Waals surface area (Å²) in [6.45, 7) is 4.71. The lowest BCUT2D eigenvalue weighted by Crippen LogP contribution is -2.28. The Balaban J connectivity index is 1.10. The lowest BCUT2D eigenvalue weighted by Gasteiger charge is -2.36. The predicted molar refractivity (Wildman–Crippen MR) is 267 cm³/mol. The quantitative estimate of drug-likeness (QED) is 0.165. The number of para-hydroxylation sites is 3. The van der Waals surface area contributed by atoms with E-state index in [4.69, 9.17) is 0 Å². The molecule has 0 saturated carbocycles. The highest BCUT2D eigenvalue weighted by Gasteiger charge is 2.54. The van der Waals surface area contributed by atoms with Crippen LogP contribution < -0.4 is 9.80 Å². The van der Waals surface area contributed by atoms with Crippen molar-refractivity contribution in [2.75, 3.05) is 9.80 Å². The normalized spacial score (nSPS) is 15.5. The van der Waals surface area contributed by atoms with Crippen molar-refractivity contribution in [2.24, 2.45) is 0 Å². The lowest BCUT2D eigenvalue weighted by atomic mass is 9.69. The van der Waals surface area contributed by atoms with Crippen molar-refractivity contribution in [1.82, 2.24) is 0 Å². The van der Waals surface area contributed by atoms with Gasteiger partial charge >= 0.3 is 0 Å². The zero-order valence-corrected chi connectivity index (χ0v) is 35.8. The average molecular weight is 817 g/mol. The highest BCUT2D eigenvalue weighted by molar-refractivity contribution is 6.11. The molecule has 0 saturated heterocycles. The highest BCUT2D eigenvalue weighted by Crippen LogP contribution is 2.67. The van der Waals surface area contributed by atoms with Crippen molar-refractivity contribution in [1.29, 1.82) is 0 Å². The molecule has 2 nitrogen and oxygen atoms in total. The molecule has 0 radical (unpaired) electrons. The molecule has 0 aliphatic heterocycles. The molecule has 1 atom stereocenters. The van der Waals surface area contributed by atoms with E-state index in [1.54, 1.807) is 0 Å². The first kappa shape index (κ1) is 36.7. The molecule has 0 amide bonds. The first-order valence-corrected chi connectivity index (χ1v) is 22.4. The number of hydrogen-bond acceptors (Lipinski definition) is 2. The van der Waals surface area contributed by atoms with Crippen LogP contribution in [0.4, 0.5) is 34.1 Å². The summed E-state index contributed by atoms with van der Waals surface area (Å²) in [4.78, 5) is 4.93. The summed E-state index contributed by atoms with van der Waals surface area (Å²) >= 11 is 0. The van der Waals surface area contributed by atoms with E-state index >= 15 is 0 Å². The summed E-state index contributed by atoms with van der Waals surface area (Å²) in [6, 6.07) is 85.8. The van der Waals surface area contributed by atoms with Gasteiger partial charge in [0, 0.05) is 39.4 Å². The van der Waals surface area contributed by atoms with Gasteiger partial charge in [-0.1, -0.05) is 178 Å². The Kier molecular flexibility index (Phi) is 7.90. The maximum atomic E-state index is 2.48. The Hall–Kier alpha value is -7.94. The molecule has 0 bridgehead atoms. The van der Waals surface area contributed by atoms with Crippen molar-refractivity contribution >= 4 is 44.9 Å². The van der Waals surface area contributed by atoms with E-state index in [1.807, 2.05) is 0 Å². The summed E-state index contributed by atoms with van der Waals surface area (Å²) < 4.78 is 0. The second kappa shape index (κ2) is 13.8. The molecule has 302 valence electrons. The molecule has 0 fully saturated rings. The van der Waals surface area contributed by atoms with Crippen LogP contribution in [0.1, 0.15) is 47.2 Å². The molecular weight excluding hydrogens is 773 g/mol. The standard InChI is InChI=1S/C62H44N2/c1-61(2)53-31-17-14-28-48(53)51-39-45(34-36-54(51)61)63(42-21-6-3-7-22-42)46-35-37-57-52(40-46)49-29-15-18-32-55(49)62(57)56-33-19-16-30-50(56)59-47-27-13-12-20-41(47)38-58(60(59)62)64(43-23-8-4-9-24-43)44-25-10-5-11-26-44/h3-40H,1-2H3. The van der Waals surface area contributed by atoms with Crippen LogP contribution in [0.25, 0.3) is 44.2 Å². The lowest BCUT2D eigenvalue weighted by molar-refractivity contribution is 0.660. The fraction of sp³-hybridized carbons (Fsp3) is 0.0645. The van der Waals surface area contributed by atoms with Gasteiger partial charge in [0.1, 0.15) is 0 Å². The Morgan fingerprint density at radius 1 is 0.312 bits per heavy atom. The van der Waals surface area contributed by atoms with Crippen LogP contribution in [0, 0.1) is 0 Å². The first-order valence-electron chi connectivity index (χ1n) is 22.4. The second-order valence-electron chi connectivity index (χ2n) is 18.0. The van der Waals surface area contributed by atoms with Gasteiger partial charge in [0.15, 0.2) is 0 Å². The number of hydrogen-bond donors (Lipinski definition) is 0. The van der Waals surface area contributed by atoms with Crippen LogP contribution in [0.5, 0.6) is 0 Å². The van der Waals surface area contributed by atoms with Gasteiger partial charge in [0.25, 0.3) is 0 Å². The van der Waals surface area contributed by atoms with Gasteiger partial charge in [0.2, 0.25) is 0 Å². The molecule has 64 heavy (non-hydrogen) atoms. The fourth-order valence-electron chi connectivity index (χ4n) is 11.8. The van der Waals surface area contributed by atoms with Gasteiger partial charge in [-0.05, 0) is 139 Å². The van der Waals surface area contributed by atoms with Crippen LogP contribution in [0.2, 0.25) is 0 Å². The second-order valence-corrected chi connectivity index (χ2v) is 18.0. The summed E-state index contributed by atoms with van der Waals surface area (Å²) in [5, 5.41) is 2.49. The average Bonchev–Trinajstić information content (AvgIpc) is 3.91. The van der Waals surface area contributed by atoms with E-state index in [9.17, 15) is 0 Å². The Bertz CT molecular complexity index is 3440. The number of benzene rings is 10. The van der Waals surface area contributed by atoms with Crippen molar-refractivity contribution in [2.45, 2.75) is 24.7 Å². The van der Waals surface area contributed by atoms with Gasteiger partial charge in [0.05, 0.1) is 11.1 Å². The summed E-state index contributed by atoms with van der Waals surface area (Å²) in [5.74, 6) is 0. The van der Waals surface area contributed by atoms with E-state index in [0.29, 0.717) is 0 Å². The van der Waals surface area contributed by atoms with E-state index in [0.717, 1.165) is 28.4 Å². The van der Waals surface area contributed by atoms with Crippen LogP contribution in [0.15, 0.2) is 231 Å². The summed E-state index contributed by atoms with van der Waals surface area (Å²) in [5.41, 5.74) is 21.9. The maximum Gasteiger partial charge on any atom is 0.0746 e. The zero-order valence-electron chi connectivity index (χ0n) is 35.8. The summed E-state index contributed by atoms with van der Waals surface area (Å²) in [7, 11) is 0. The third-order valence-corrected chi connectivity index (χ3v) is 14.4. The van der Waals surface area contributed by atoms with Crippen molar-refractivity contribution in [3.05, 3.63) is 264 Å². The Labute approximate surface area is 375 Å². The maximum absolute atomic E-state index is 2.48. The molecule has 0 N–H and O–H groups in total. The minimum Gasteiger partial charge on any atom is -0.310 e. The van der Waals surface area contributed by atoms with Gasteiger partial charge in [-0.25, -0.2) is 0 Å². The molecule has 3 aliphatic rings. The minimum atomic E-state index is -0.599. The van der Waals surface area contributed by atoms with E-state index in [-0.39, 0.29) is 5.41 Å².